The largest absolute Gasteiger partial charge is 0.328 e. The zero-order valence-electron chi connectivity index (χ0n) is 10.8. The molecule has 1 heterocycles. The van der Waals surface area contributed by atoms with Gasteiger partial charge in [0.25, 0.3) is 5.69 Å². The maximum absolute atomic E-state index is 10.8. The van der Waals surface area contributed by atoms with Crippen molar-refractivity contribution in [2.45, 2.75) is 26.3 Å². The fourth-order valence-electron chi connectivity index (χ4n) is 1.85. The Morgan fingerprint density at radius 3 is 2.89 bits per heavy atom. The molecule has 5 nitrogen and oxygen atoms in total. The van der Waals surface area contributed by atoms with Crippen LogP contribution in [-0.2, 0) is 6.42 Å². The monoisotopic (exact) mass is 277 g/mol. The van der Waals surface area contributed by atoms with Crippen molar-refractivity contribution in [2.24, 2.45) is 5.73 Å². The minimum atomic E-state index is -0.395. The molecule has 0 fully saturated rings. The van der Waals surface area contributed by atoms with E-state index in [9.17, 15) is 10.1 Å². The van der Waals surface area contributed by atoms with Crippen molar-refractivity contribution in [3.05, 3.63) is 44.3 Å². The van der Waals surface area contributed by atoms with Crippen molar-refractivity contribution in [3.8, 4) is 11.3 Å². The molecule has 2 rings (SSSR count). The molecule has 19 heavy (non-hydrogen) atoms. The number of aromatic nitrogens is 1. The topological polar surface area (TPSA) is 82.0 Å². The zero-order valence-corrected chi connectivity index (χ0v) is 11.6. The average Bonchev–Trinajstić information content (AvgIpc) is 2.69. The van der Waals surface area contributed by atoms with E-state index in [1.807, 2.05) is 19.9 Å². The van der Waals surface area contributed by atoms with Crippen LogP contribution in [0.5, 0.6) is 0 Å². The van der Waals surface area contributed by atoms with Crippen molar-refractivity contribution in [3.63, 3.8) is 0 Å². The Morgan fingerprint density at radius 2 is 2.26 bits per heavy atom. The van der Waals surface area contributed by atoms with Crippen molar-refractivity contribution in [1.29, 1.82) is 0 Å². The number of nitro benzene ring substituents is 1. The number of hydrogen-bond acceptors (Lipinski definition) is 5. The van der Waals surface area contributed by atoms with Crippen LogP contribution in [0.15, 0.2) is 24.3 Å². The first-order valence-electron chi connectivity index (χ1n) is 5.94. The Labute approximate surface area is 115 Å². The standard InChI is InChI=1S/C13H15N3O2S/c1-8(14)6-12-15-13(9(2)19-12)10-4-3-5-11(7-10)16(17)18/h3-5,7-8H,6,14H2,1-2H3. The summed E-state index contributed by atoms with van der Waals surface area (Å²) in [6, 6.07) is 6.61. The summed E-state index contributed by atoms with van der Waals surface area (Å²) in [4.78, 5) is 16.0. The van der Waals surface area contributed by atoms with Crippen LogP contribution < -0.4 is 5.73 Å². The number of non-ortho nitro benzene ring substituents is 1. The highest BCUT2D eigenvalue weighted by molar-refractivity contribution is 7.12. The number of aryl methyl sites for hydroxylation is 1. The predicted molar refractivity (Wildman–Crippen MR) is 76.3 cm³/mol. The van der Waals surface area contributed by atoms with Crippen LogP contribution in [-0.4, -0.2) is 15.9 Å². The third-order valence-electron chi connectivity index (χ3n) is 2.67. The molecule has 1 atom stereocenters. The Bertz CT molecular complexity index is 608. The Hall–Kier alpha value is -1.79. The Kier molecular flexibility index (Phi) is 3.92. The van der Waals surface area contributed by atoms with Gasteiger partial charge in [-0.2, -0.15) is 0 Å². The number of benzene rings is 1. The summed E-state index contributed by atoms with van der Waals surface area (Å²) in [7, 11) is 0. The third-order valence-corrected chi connectivity index (χ3v) is 3.66. The fraction of sp³-hybridized carbons (Fsp3) is 0.308. The highest BCUT2D eigenvalue weighted by Gasteiger charge is 2.13. The first-order chi connectivity index (χ1) is 8.97. The van der Waals surface area contributed by atoms with Gasteiger partial charge in [0.05, 0.1) is 15.6 Å². The second-order valence-corrected chi connectivity index (χ2v) is 5.79. The fourth-order valence-corrected chi connectivity index (χ4v) is 2.95. The molecule has 1 aromatic carbocycles. The molecule has 1 aromatic heterocycles. The van der Waals surface area contributed by atoms with E-state index < -0.39 is 4.92 Å². The quantitative estimate of drug-likeness (QED) is 0.688. The van der Waals surface area contributed by atoms with E-state index in [2.05, 4.69) is 4.98 Å². The van der Waals surface area contributed by atoms with Gasteiger partial charge in [-0.05, 0) is 13.8 Å². The van der Waals surface area contributed by atoms with Gasteiger partial charge in [0.2, 0.25) is 0 Å². The van der Waals surface area contributed by atoms with Crippen LogP contribution in [0.3, 0.4) is 0 Å². The SMILES string of the molecule is Cc1sc(CC(C)N)nc1-c1cccc([N+](=O)[O-])c1. The smallest absolute Gasteiger partial charge is 0.270 e. The van der Waals surface area contributed by atoms with Crippen LogP contribution in [0.1, 0.15) is 16.8 Å². The normalized spacial score (nSPS) is 12.4. The maximum Gasteiger partial charge on any atom is 0.270 e. The minimum absolute atomic E-state index is 0.0588. The van der Waals surface area contributed by atoms with Crippen molar-refractivity contribution in [2.75, 3.05) is 0 Å². The lowest BCUT2D eigenvalue weighted by atomic mass is 10.1. The van der Waals surface area contributed by atoms with E-state index in [-0.39, 0.29) is 11.7 Å². The highest BCUT2D eigenvalue weighted by Crippen LogP contribution is 2.30. The molecule has 0 saturated carbocycles. The second kappa shape index (κ2) is 5.46. The third kappa shape index (κ3) is 3.15. The van der Waals surface area contributed by atoms with Crippen LogP contribution in [0.2, 0.25) is 0 Å². The Morgan fingerprint density at radius 1 is 1.53 bits per heavy atom. The van der Waals surface area contributed by atoms with Crippen molar-refractivity contribution in [1.82, 2.24) is 4.98 Å². The maximum atomic E-state index is 10.8. The Balaban J connectivity index is 2.38. The van der Waals surface area contributed by atoms with E-state index in [4.69, 9.17) is 5.73 Å². The van der Waals surface area contributed by atoms with E-state index >= 15 is 0 Å². The van der Waals surface area contributed by atoms with Gasteiger partial charge in [0, 0.05) is 35.0 Å². The predicted octanol–water partition coefficient (Wildman–Crippen LogP) is 2.92. The molecule has 0 radical (unpaired) electrons. The van der Waals surface area contributed by atoms with E-state index in [0.29, 0.717) is 0 Å². The summed E-state index contributed by atoms with van der Waals surface area (Å²) >= 11 is 1.59. The molecule has 0 bridgehead atoms. The van der Waals surface area contributed by atoms with Crippen molar-refractivity contribution < 1.29 is 4.92 Å². The lowest BCUT2D eigenvalue weighted by Crippen LogP contribution is -2.17. The molecule has 1 unspecified atom stereocenters. The average molecular weight is 277 g/mol. The van der Waals surface area contributed by atoms with Gasteiger partial charge >= 0.3 is 0 Å². The molecule has 2 N–H and O–H groups in total. The highest BCUT2D eigenvalue weighted by atomic mass is 32.1. The first-order valence-corrected chi connectivity index (χ1v) is 6.75. The number of nitrogens with two attached hydrogens (primary N) is 1. The van der Waals surface area contributed by atoms with Gasteiger partial charge in [-0.15, -0.1) is 11.3 Å². The molecule has 6 heteroatoms. The summed E-state index contributed by atoms with van der Waals surface area (Å²) in [5.74, 6) is 0. The number of nitrogens with zero attached hydrogens (tertiary/aromatic N) is 2. The van der Waals surface area contributed by atoms with Crippen LogP contribution >= 0.6 is 11.3 Å². The van der Waals surface area contributed by atoms with Gasteiger partial charge in [0.15, 0.2) is 0 Å². The van der Waals surface area contributed by atoms with Gasteiger partial charge < -0.3 is 5.73 Å². The second-order valence-electron chi connectivity index (χ2n) is 4.50. The minimum Gasteiger partial charge on any atom is -0.328 e. The molecule has 0 spiro atoms. The summed E-state index contributed by atoms with van der Waals surface area (Å²) < 4.78 is 0. The molecule has 2 aromatic rings. The molecule has 0 saturated heterocycles. The summed E-state index contributed by atoms with van der Waals surface area (Å²) in [6.07, 6.45) is 0.723. The first kappa shape index (κ1) is 13.6. The molecular formula is C13H15N3O2S. The molecule has 0 amide bonds. The molecular weight excluding hydrogens is 262 g/mol. The number of rotatable bonds is 4. The zero-order chi connectivity index (χ0) is 14.0. The van der Waals surface area contributed by atoms with Gasteiger partial charge in [-0.25, -0.2) is 4.98 Å². The number of thiazole rings is 1. The van der Waals surface area contributed by atoms with E-state index in [1.165, 1.54) is 6.07 Å². The molecule has 0 aliphatic carbocycles. The van der Waals surface area contributed by atoms with E-state index in [0.717, 1.165) is 27.6 Å². The molecule has 0 aliphatic heterocycles. The van der Waals surface area contributed by atoms with E-state index in [1.54, 1.807) is 23.5 Å². The summed E-state index contributed by atoms with van der Waals surface area (Å²) in [5.41, 5.74) is 7.43. The van der Waals surface area contributed by atoms with Gasteiger partial charge in [-0.1, -0.05) is 12.1 Å². The summed E-state index contributed by atoms with van der Waals surface area (Å²) in [5, 5.41) is 11.8. The lowest BCUT2D eigenvalue weighted by Gasteiger charge is -2.00. The van der Waals surface area contributed by atoms with Crippen LogP contribution in [0, 0.1) is 17.0 Å². The molecule has 100 valence electrons. The molecule has 0 aliphatic rings. The lowest BCUT2D eigenvalue weighted by molar-refractivity contribution is -0.384. The van der Waals surface area contributed by atoms with Crippen LogP contribution in [0.4, 0.5) is 5.69 Å². The summed E-state index contributed by atoms with van der Waals surface area (Å²) in [6.45, 7) is 3.90. The van der Waals surface area contributed by atoms with Gasteiger partial charge in [0.1, 0.15) is 0 Å². The van der Waals surface area contributed by atoms with Crippen LogP contribution in [0.25, 0.3) is 11.3 Å². The van der Waals surface area contributed by atoms with Crippen molar-refractivity contribution >= 4 is 17.0 Å². The number of hydrogen-bond donors (Lipinski definition) is 1. The number of nitro groups is 1. The van der Waals surface area contributed by atoms with Gasteiger partial charge in [-0.3, -0.25) is 10.1 Å².